The van der Waals surface area contributed by atoms with E-state index < -0.39 is 43.2 Å². The largest absolute Gasteiger partial charge is 0.497 e. The molecular weight excluding hydrogens is 366 g/mol. The second kappa shape index (κ2) is 9.16. The number of nitro groups is 3. The molecule has 0 aliphatic carbocycles. The molecule has 13 heteroatoms. The van der Waals surface area contributed by atoms with E-state index in [-0.39, 0.29) is 0 Å². The number of β-amino-alcohol motifs (C(OH)–C–C–N with tert-alkyl or cyclic N) is 1. The summed E-state index contributed by atoms with van der Waals surface area (Å²) >= 11 is 0. The van der Waals surface area contributed by atoms with Crippen LogP contribution >= 0.6 is 0 Å². The van der Waals surface area contributed by atoms with Crippen LogP contribution in [-0.2, 0) is 0 Å². The van der Waals surface area contributed by atoms with Crippen LogP contribution in [0.1, 0.15) is 13.8 Å². The van der Waals surface area contributed by atoms with Gasteiger partial charge >= 0.3 is 11.4 Å². The Morgan fingerprint density at radius 1 is 1.04 bits per heavy atom. The van der Waals surface area contributed by atoms with Gasteiger partial charge in [-0.05, 0) is 13.8 Å². The number of phenolic OH excluding ortho intramolecular Hbond substituents is 1. The van der Waals surface area contributed by atoms with E-state index in [2.05, 4.69) is 10.2 Å². The highest BCUT2D eigenvalue weighted by Gasteiger charge is 2.30. The minimum Gasteiger partial charge on any atom is -0.497 e. The van der Waals surface area contributed by atoms with Gasteiger partial charge in [0.15, 0.2) is 0 Å². The monoisotopic (exact) mass is 387 g/mol. The second-order valence-electron chi connectivity index (χ2n) is 6.44. The predicted molar refractivity (Wildman–Crippen MR) is 93.7 cm³/mol. The molecular formula is C14H21N5O8. The highest BCUT2D eigenvalue weighted by Crippen LogP contribution is 2.38. The molecule has 2 rings (SSSR count). The number of phenols is 1. The Morgan fingerprint density at radius 3 is 1.81 bits per heavy atom. The Kier molecular flexibility index (Phi) is 7.51. The minimum atomic E-state index is -1.21. The minimum absolute atomic E-state index is 0.447. The summed E-state index contributed by atoms with van der Waals surface area (Å²) in [6.45, 7) is 8.72. The van der Waals surface area contributed by atoms with Crippen LogP contribution in [-0.4, -0.2) is 68.2 Å². The van der Waals surface area contributed by atoms with Crippen LogP contribution < -0.4 is 5.32 Å². The maximum absolute atomic E-state index is 10.4. The number of nitrogens with zero attached hydrogens (tertiary/aromatic N) is 4. The Morgan fingerprint density at radius 2 is 1.48 bits per heavy atom. The van der Waals surface area contributed by atoms with Gasteiger partial charge in [0.2, 0.25) is 0 Å². The molecule has 1 fully saturated rings. The summed E-state index contributed by atoms with van der Waals surface area (Å²) in [7, 11) is 0. The Balaban J connectivity index is 0.000000289. The number of hydrogen-bond acceptors (Lipinski definition) is 10. The zero-order valence-corrected chi connectivity index (χ0v) is 14.8. The summed E-state index contributed by atoms with van der Waals surface area (Å²) in [4.78, 5) is 30.1. The molecule has 13 nitrogen and oxygen atoms in total. The average Bonchev–Trinajstić information content (AvgIpc) is 2.54. The van der Waals surface area contributed by atoms with Gasteiger partial charge in [0.05, 0.1) is 32.5 Å². The van der Waals surface area contributed by atoms with E-state index in [1.54, 1.807) is 0 Å². The topological polar surface area (TPSA) is 185 Å². The first kappa shape index (κ1) is 22.1. The van der Waals surface area contributed by atoms with Crippen LogP contribution in [0.2, 0.25) is 0 Å². The van der Waals surface area contributed by atoms with Crippen molar-refractivity contribution in [1.82, 2.24) is 10.2 Å². The van der Waals surface area contributed by atoms with Crippen molar-refractivity contribution in [1.29, 1.82) is 0 Å². The third kappa shape index (κ3) is 7.08. The van der Waals surface area contributed by atoms with Gasteiger partial charge < -0.3 is 15.5 Å². The van der Waals surface area contributed by atoms with Gasteiger partial charge in [-0.15, -0.1) is 0 Å². The molecule has 0 radical (unpaired) electrons. The van der Waals surface area contributed by atoms with E-state index in [1.807, 2.05) is 13.8 Å². The van der Waals surface area contributed by atoms with Crippen LogP contribution in [0.3, 0.4) is 0 Å². The summed E-state index contributed by atoms with van der Waals surface area (Å²) in [6, 6.07) is 0.894. The normalized spacial score (nSPS) is 14.8. The molecule has 1 heterocycles. The van der Waals surface area contributed by atoms with Crippen LogP contribution in [0.5, 0.6) is 5.75 Å². The van der Waals surface area contributed by atoms with Crippen LogP contribution in [0, 0.1) is 30.3 Å². The Hall–Kier alpha value is -2.90. The van der Waals surface area contributed by atoms with Crippen LogP contribution in [0.4, 0.5) is 17.1 Å². The molecule has 150 valence electrons. The Labute approximate surface area is 153 Å². The molecule has 1 saturated heterocycles. The number of rotatable bonds is 5. The van der Waals surface area contributed by atoms with Gasteiger partial charge in [-0.3, -0.25) is 35.2 Å². The van der Waals surface area contributed by atoms with Gasteiger partial charge in [0.1, 0.15) is 0 Å². The smallest absolute Gasteiger partial charge is 0.324 e. The summed E-state index contributed by atoms with van der Waals surface area (Å²) in [6.07, 6.45) is 0. The number of hydrogen-bond donors (Lipinski definition) is 3. The van der Waals surface area contributed by atoms with E-state index in [0.29, 0.717) is 12.1 Å². The van der Waals surface area contributed by atoms with Crippen molar-refractivity contribution in [2.45, 2.75) is 19.4 Å². The van der Waals surface area contributed by atoms with Crippen molar-refractivity contribution in [3.05, 3.63) is 42.5 Å². The lowest BCUT2D eigenvalue weighted by Crippen LogP contribution is -2.48. The predicted octanol–water partition coefficient (Wildman–Crippen LogP) is 0.779. The molecule has 27 heavy (non-hydrogen) atoms. The standard InChI is InChI=1S/C8H18N2O.C6H3N3O7/c1-8(2,11)7-10-5-3-9-4-6-10;10-6-4(8(13)14)1-3(7(11)12)2-5(6)9(15)16/h9,11H,3-7H2,1-2H3;1-2,10H. The summed E-state index contributed by atoms with van der Waals surface area (Å²) in [5.74, 6) is -1.21. The molecule has 0 aromatic heterocycles. The molecule has 0 atom stereocenters. The highest BCUT2D eigenvalue weighted by atomic mass is 16.6. The van der Waals surface area contributed by atoms with Crippen molar-refractivity contribution in [3.63, 3.8) is 0 Å². The molecule has 1 aliphatic heterocycles. The van der Waals surface area contributed by atoms with Gasteiger partial charge in [0, 0.05) is 32.7 Å². The number of nitro benzene ring substituents is 3. The molecule has 3 N–H and O–H groups in total. The SMILES string of the molecule is CC(C)(O)CN1CCNCC1.O=[N+]([O-])c1cc([N+](=O)[O-])c(O)c([N+](=O)[O-])c1. The van der Waals surface area contributed by atoms with Crippen molar-refractivity contribution < 1.29 is 25.0 Å². The summed E-state index contributed by atoms with van der Waals surface area (Å²) in [5, 5.41) is 53.0. The molecule has 0 saturated carbocycles. The summed E-state index contributed by atoms with van der Waals surface area (Å²) < 4.78 is 0. The number of aromatic hydroxyl groups is 1. The number of benzene rings is 1. The van der Waals surface area contributed by atoms with Gasteiger partial charge in [-0.2, -0.15) is 0 Å². The molecule has 0 spiro atoms. The van der Waals surface area contributed by atoms with E-state index in [0.717, 1.165) is 32.7 Å². The molecule has 1 aromatic carbocycles. The summed E-state index contributed by atoms with van der Waals surface area (Å²) in [5.41, 5.74) is -3.55. The van der Waals surface area contributed by atoms with Crippen LogP contribution in [0.25, 0.3) is 0 Å². The average molecular weight is 387 g/mol. The molecule has 0 amide bonds. The van der Waals surface area contributed by atoms with Crippen LogP contribution in [0.15, 0.2) is 12.1 Å². The lowest BCUT2D eigenvalue weighted by atomic mass is 10.1. The molecule has 1 aromatic rings. The fraction of sp³-hybridized carbons (Fsp3) is 0.571. The fourth-order valence-electron chi connectivity index (χ4n) is 2.39. The highest BCUT2D eigenvalue weighted by molar-refractivity contribution is 5.64. The number of non-ortho nitro benzene ring substituents is 1. The van der Waals surface area contributed by atoms with Gasteiger partial charge in [0.25, 0.3) is 11.4 Å². The maximum Gasteiger partial charge on any atom is 0.324 e. The fourth-order valence-corrected chi connectivity index (χ4v) is 2.39. The quantitative estimate of drug-likeness (QED) is 0.481. The first-order chi connectivity index (χ1) is 12.4. The van der Waals surface area contributed by atoms with Crippen molar-refractivity contribution >= 4 is 17.1 Å². The van der Waals surface area contributed by atoms with Crippen molar-refractivity contribution in [2.75, 3.05) is 32.7 Å². The maximum atomic E-state index is 10.4. The van der Waals surface area contributed by atoms with E-state index >= 15 is 0 Å². The molecule has 0 bridgehead atoms. The van der Waals surface area contributed by atoms with E-state index in [9.17, 15) is 35.4 Å². The zero-order chi connectivity index (χ0) is 20.8. The number of piperazine rings is 1. The Bertz CT molecular complexity index is 677. The number of aliphatic hydroxyl groups is 1. The molecule has 1 aliphatic rings. The molecule has 0 unspecified atom stereocenters. The first-order valence-corrected chi connectivity index (χ1v) is 7.88. The first-order valence-electron chi connectivity index (χ1n) is 7.88. The lowest BCUT2D eigenvalue weighted by molar-refractivity contribution is -0.404. The van der Waals surface area contributed by atoms with E-state index in [4.69, 9.17) is 5.11 Å². The van der Waals surface area contributed by atoms with E-state index in [1.165, 1.54) is 0 Å². The van der Waals surface area contributed by atoms with Crippen molar-refractivity contribution in [3.8, 4) is 5.75 Å². The lowest BCUT2D eigenvalue weighted by Gasteiger charge is -2.32. The zero-order valence-electron chi connectivity index (χ0n) is 14.8. The third-order valence-corrected chi connectivity index (χ3v) is 3.48. The van der Waals surface area contributed by atoms with Gasteiger partial charge in [-0.1, -0.05) is 0 Å². The van der Waals surface area contributed by atoms with Crippen molar-refractivity contribution in [2.24, 2.45) is 0 Å². The number of nitrogens with one attached hydrogen (secondary N) is 1. The third-order valence-electron chi connectivity index (χ3n) is 3.48. The second-order valence-corrected chi connectivity index (χ2v) is 6.44. The van der Waals surface area contributed by atoms with Gasteiger partial charge in [-0.25, -0.2) is 0 Å².